The highest BCUT2D eigenvalue weighted by Gasteiger charge is 2.27. The number of rotatable bonds is 5. The lowest BCUT2D eigenvalue weighted by Crippen LogP contribution is -2.24. The second kappa shape index (κ2) is 4.13. The lowest BCUT2D eigenvalue weighted by Gasteiger charge is -2.08. The van der Waals surface area contributed by atoms with Crippen molar-refractivity contribution in [2.45, 2.75) is 51.6 Å². The van der Waals surface area contributed by atoms with Crippen molar-refractivity contribution in [3.63, 3.8) is 0 Å². The lowest BCUT2D eigenvalue weighted by molar-refractivity contribution is 0.374. The summed E-state index contributed by atoms with van der Waals surface area (Å²) in [6.45, 7) is 5.18. The quantitative estimate of drug-likeness (QED) is 0.782. The molecule has 1 fully saturated rings. The summed E-state index contributed by atoms with van der Waals surface area (Å²) < 4.78 is 5.26. The maximum Gasteiger partial charge on any atom is 0.140 e. The summed E-state index contributed by atoms with van der Waals surface area (Å²) in [5, 5.41) is 7.44. The van der Waals surface area contributed by atoms with Gasteiger partial charge in [0, 0.05) is 24.6 Å². The molecule has 3 nitrogen and oxygen atoms in total. The second-order valence-electron chi connectivity index (χ2n) is 4.19. The van der Waals surface area contributed by atoms with Crippen LogP contribution >= 0.6 is 0 Å². The van der Waals surface area contributed by atoms with Crippen LogP contribution in [0.2, 0.25) is 0 Å². The van der Waals surface area contributed by atoms with Crippen LogP contribution in [0.1, 0.15) is 50.5 Å². The fourth-order valence-electron chi connectivity index (χ4n) is 1.39. The van der Waals surface area contributed by atoms with E-state index in [0.717, 1.165) is 24.4 Å². The molecule has 1 N–H and O–H groups in total. The van der Waals surface area contributed by atoms with Crippen molar-refractivity contribution in [1.82, 2.24) is 10.5 Å². The van der Waals surface area contributed by atoms with Gasteiger partial charge in [-0.25, -0.2) is 0 Å². The third kappa shape index (κ3) is 2.35. The summed E-state index contributed by atoms with van der Waals surface area (Å²) in [7, 11) is 0. The van der Waals surface area contributed by atoms with Crippen LogP contribution in [0.4, 0.5) is 0 Å². The van der Waals surface area contributed by atoms with E-state index >= 15 is 0 Å². The van der Waals surface area contributed by atoms with Gasteiger partial charge in [-0.3, -0.25) is 0 Å². The minimum Gasteiger partial charge on any atom is -0.361 e. The molecule has 78 valence electrons. The summed E-state index contributed by atoms with van der Waals surface area (Å²) in [6, 6.07) is 2.64. The van der Waals surface area contributed by atoms with Crippen LogP contribution in [-0.4, -0.2) is 11.2 Å². The molecular weight excluding hydrogens is 176 g/mol. The SMILES string of the molecule is CCC(C)NCc1cc(C2CC2)on1. The highest BCUT2D eigenvalue weighted by atomic mass is 16.5. The first-order chi connectivity index (χ1) is 6.79. The van der Waals surface area contributed by atoms with Crippen molar-refractivity contribution in [3.05, 3.63) is 17.5 Å². The molecule has 1 heterocycles. The molecule has 1 unspecified atom stereocenters. The van der Waals surface area contributed by atoms with E-state index in [4.69, 9.17) is 4.52 Å². The van der Waals surface area contributed by atoms with E-state index in [-0.39, 0.29) is 0 Å². The molecule has 1 aliphatic carbocycles. The number of aromatic nitrogens is 1. The van der Waals surface area contributed by atoms with Crippen LogP contribution in [0.3, 0.4) is 0 Å². The Morgan fingerprint density at radius 1 is 1.64 bits per heavy atom. The molecule has 0 bridgehead atoms. The first kappa shape index (κ1) is 9.71. The van der Waals surface area contributed by atoms with E-state index in [0.29, 0.717) is 12.0 Å². The van der Waals surface area contributed by atoms with Crippen LogP contribution in [0.25, 0.3) is 0 Å². The summed E-state index contributed by atoms with van der Waals surface area (Å²) in [5.74, 6) is 1.74. The zero-order valence-corrected chi connectivity index (χ0v) is 8.92. The van der Waals surface area contributed by atoms with Crippen LogP contribution < -0.4 is 5.32 Å². The van der Waals surface area contributed by atoms with Crippen molar-refractivity contribution in [1.29, 1.82) is 0 Å². The average molecular weight is 194 g/mol. The topological polar surface area (TPSA) is 38.1 Å². The van der Waals surface area contributed by atoms with Gasteiger partial charge in [0.05, 0.1) is 5.69 Å². The Kier molecular flexibility index (Phi) is 2.87. The molecular formula is C11H18N2O. The molecule has 0 amide bonds. The molecule has 1 aliphatic rings. The Bertz CT molecular complexity index is 291. The van der Waals surface area contributed by atoms with Crippen LogP contribution in [0, 0.1) is 0 Å². The third-order valence-electron chi connectivity index (χ3n) is 2.80. The van der Waals surface area contributed by atoms with Gasteiger partial charge in [0.15, 0.2) is 0 Å². The Labute approximate surface area is 84.9 Å². The van der Waals surface area contributed by atoms with Crippen LogP contribution in [0.15, 0.2) is 10.6 Å². The molecule has 1 atom stereocenters. The van der Waals surface area contributed by atoms with Gasteiger partial charge in [-0.2, -0.15) is 0 Å². The predicted octanol–water partition coefficient (Wildman–Crippen LogP) is 2.44. The zero-order valence-electron chi connectivity index (χ0n) is 8.92. The molecule has 0 radical (unpaired) electrons. The third-order valence-corrected chi connectivity index (χ3v) is 2.80. The van der Waals surface area contributed by atoms with E-state index in [1.807, 2.05) is 0 Å². The number of nitrogens with zero attached hydrogens (tertiary/aromatic N) is 1. The van der Waals surface area contributed by atoms with Crippen molar-refractivity contribution >= 4 is 0 Å². The van der Waals surface area contributed by atoms with Crippen molar-refractivity contribution in [2.24, 2.45) is 0 Å². The standard InChI is InChI=1S/C11H18N2O/c1-3-8(2)12-7-10-6-11(14-13-10)9-4-5-9/h6,8-9,12H,3-5,7H2,1-2H3. The maximum absolute atomic E-state index is 5.26. The Hall–Kier alpha value is -0.830. The first-order valence-corrected chi connectivity index (χ1v) is 5.48. The molecule has 0 saturated heterocycles. The van der Waals surface area contributed by atoms with E-state index in [9.17, 15) is 0 Å². The largest absolute Gasteiger partial charge is 0.361 e. The Balaban J connectivity index is 1.83. The van der Waals surface area contributed by atoms with Gasteiger partial charge >= 0.3 is 0 Å². The fraction of sp³-hybridized carbons (Fsp3) is 0.727. The fourth-order valence-corrected chi connectivity index (χ4v) is 1.39. The van der Waals surface area contributed by atoms with Crippen LogP contribution in [0.5, 0.6) is 0 Å². The minimum absolute atomic E-state index is 0.552. The van der Waals surface area contributed by atoms with Crippen molar-refractivity contribution < 1.29 is 4.52 Å². The smallest absolute Gasteiger partial charge is 0.140 e. The van der Waals surface area contributed by atoms with Gasteiger partial charge in [-0.15, -0.1) is 0 Å². The molecule has 0 aliphatic heterocycles. The molecule has 1 aromatic heterocycles. The Morgan fingerprint density at radius 3 is 3.07 bits per heavy atom. The van der Waals surface area contributed by atoms with E-state index in [1.165, 1.54) is 12.8 Å². The molecule has 2 rings (SSSR count). The van der Waals surface area contributed by atoms with E-state index in [1.54, 1.807) is 0 Å². The van der Waals surface area contributed by atoms with E-state index in [2.05, 4.69) is 30.4 Å². The minimum atomic E-state index is 0.552. The lowest BCUT2D eigenvalue weighted by atomic mass is 10.2. The highest BCUT2D eigenvalue weighted by molar-refractivity contribution is 5.14. The average Bonchev–Trinajstić information content (AvgIpc) is 2.95. The van der Waals surface area contributed by atoms with E-state index < -0.39 is 0 Å². The molecule has 0 aromatic carbocycles. The summed E-state index contributed by atoms with van der Waals surface area (Å²) in [4.78, 5) is 0. The normalized spacial score (nSPS) is 18.4. The monoisotopic (exact) mass is 194 g/mol. The van der Waals surface area contributed by atoms with Gasteiger partial charge in [-0.05, 0) is 26.2 Å². The molecule has 3 heteroatoms. The highest BCUT2D eigenvalue weighted by Crippen LogP contribution is 2.40. The number of hydrogen-bond donors (Lipinski definition) is 1. The zero-order chi connectivity index (χ0) is 9.97. The maximum atomic E-state index is 5.26. The summed E-state index contributed by atoms with van der Waals surface area (Å²) in [5.41, 5.74) is 1.03. The first-order valence-electron chi connectivity index (χ1n) is 5.48. The summed E-state index contributed by atoms with van der Waals surface area (Å²) in [6.07, 6.45) is 3.69. The van der Waals surface area contributed by atoms with Crippen molar-refractivity contribution in [2.75, 3.05) is 0 Å². The second-order valence-corrected chi connectivity index (χ2v) is 4.19. The van der Waals surface area contributed by atoms with Gasteiger partial charge in [0.2, 0.25) is 0 Å². The number of nitrogens with one attached hydrogen (secondary N) is 1. The predicted molar refractivity (Wildman–Crippen MR) is 55.1 cm³/mol. The Morgan fingerprint density at radius 2 is 2.43 bits per heavy atom. The molecule has 1 saturated carbocycles. The van der Waals surface area contributed by atoms with Gasteiger partial charge in [0.1, 0.15) is 5.76 Å². The van der Waals surface area contributed by atoms with Gasteiger partial charge < -0.3 is 9.84 Å². The number of hydrogen-bond acceptors (Lipinski definition) is 3. The van der Waals surface area contributed by atoms with Crippen LogP contribution in [-0.2, 0) is 6.54 Å². The summed E-state index contributed by atoms with van der Waals surface area (Å²) >= 11 is 0. The van der Waals surface area contributed by atoms with Gasteiger partial charge in [0.25, 0.3) is 0 Å². The van der Waals surface area contributed by atoms with Gasteiger partial charge in [-0.1, -0.05) is 12.1 Å². The molecule has 1 aromatic rings. The molecule has 0 spiro atoms. The molecule has 14 heavy (non-hydrogen) atoms. The van der Waals surface area contributed by atoms with Crippen molar-refractivity contribution in [3.8, 4) is 0 Å².